The monoisotopic (exact) mass is 311 g/mol. The molecule has 0 unspecified atom stereocenters. The van der Waals surface area contributed by atoms with Gasteiger partial charge in [-0.05, 0) is 31.2 Å². The lowest BCUT2D eigenvalue weighted by atomic mass is 9.99. The van der Waals surface area contributed by atoms with Crippen LogP contribution in [0.1, 0.15) is 32.3 Å². The Labute approximate surface area is 138 Å². The predicted molar refractivity (Wildman–Crippen MR) is 93.6 cm³/mol. The normalized spacial score (nSPS) is 15.7. The van der Waals surface area contributed by atoms with E-state index in [1.165, 1.54) is 18.4 Å². The van der Waals surface area contributed by atoms with E-state index in [0.29, 0.717) is 5.95 Å². The Morgan fingerprint density at radius 1 is 1.17 bits per heavy atom. The highest BCUT2D eigenvalue weighted by atomic mass is 15.3. The zero-order valence-electron chi connectivity index (χ0n) is 14.0. The summed E-state index contributed by atoms with van der Waals surface area (Å²) in [6, 6.07) is 10.4. The molecule has 0 radical (unpaired) electrons. The fraction of sp³-hybridized carbons (Fsp3) is 0.500. The molecule has 3 rings (SSSR count). The minimum absolute atomic E-state index is 0.715. The van der Waals surface area contributed by atoms with Gasteiger partial charge in [-0.25, -0.2) is 0 Å². The fourth-order valence-electron chi connectivity index (χ4n) is 2.94. The van der Waals surface area contributed by atoms with Gasteiger partial charge < -0.3 is 9.80 Å². The number of piperidine rings is 1. The van der Waals surface area contributed by atoms with Gasteiger partial charge in [-0.3, -0.25) is 0 Å². The van der Waals surface area contributed by atoms with Crippen molar-refractivity contribution in [3.05, 3.63) is 42.1 Å². The van der Waals surface area contributed by atoms with Crippen molar-refractivity contribution in [1.82, 2.24) is 15.2 Å². The molecule has 1 saturated heterocycles. The third-order valence-corrected chi connectivity index (χ3v) is 4.52. The van der Waals surface area contributed by atoms with Crippen molar-refractivity contribution >= 4 is 11.8 Å². The highest BCUT2D eigenvalue weighted by Crippen LogP contribution is 2.22. The van der Waals surface area contributed by atoms with Crippen molar-refractivity contribution in [3.63, 3.8) is 0 Å². The van der Waals surface area contributed by atoms with Gasteiger partial charge in [-0.2, -0.15) is 10.1 Å². The quantitative estimate of drug-likeness (QED) is 0.849. The van der Waals surface area contributed by atoms with Gasteiger partial charge in [-0.15, -0.1) is 5.10 Å². The lowest BCUT2D eigenvalue weighted by Gasteiger charge is -2.31. The molecule has 0 aliphatic carbocycles. The van der Waals surface area contributed by atoms with Gasteiger partial charge in [0, 0.05) is 26.2 Å². The molecule has 1 aromatic carbocycles. The van der Waals surface area contributed by atoms with Crippen LogP contribution in [0.3, 0.4) is 0 Å². The molecule has 0 spiro atoms. The molecule has 1 aromatic heterocycles. The Kier molecular flexibility index (Phi) is 5.05. The summed E-state index contributed by atoms with van der Waals surface area (Å²) in [4.78, 5) is 9.26. The average molecular weight is 311 g/mol. The van der Waals surface area contributed by atoms with E-state index in [4.69, 9.17) is 4.98 Å². The zero-order valence-corrected chi connectivity index (χ0v) is 14.0. The van der Waals surface area contributed by atoms with Crippen molar-refractivity contribution in [3.8, 4) is 0 Å². The van der Waals surface area contributed by atoms with Crippen molar-refractivity contribution in [2.45, 2.75) is 33.2 Å². The van der Waals surface area contributed by atoms with E-state index in [-0.39, 0.29) is 0 Å². The smallest absolute Gasteiger partial charge is 0.247 e. The molecule has 0 bridgehead atoms. The molecule has 5 nitrogen and oxygen atoms in total. The number of benzene rings is 1. The summed E-state index contributed by atoms with van der Waals surface area (Å²) in [5.41, 5.74) is 1.26. The maximum atomic E-state index is 4.77. The molecule has 0 N–H and O–H groups in total. The summed E-state index contributed by atoms with van der Waals surface area (Å²) in [6.45, 7) is 8.23. The summed E-state index contributed by atoms with van der Waals surface area (Å²) in [6.07, 6.45) is 4.23. The second-order valence-electron chi connectivity index (χ2n) is 6.28. The molecule has 0 amide bonds. The molecule has 122 valence electrons. The van der Waals surface area contributed by atoms with Gasteiger partial charge >= 0.3 is 0 Å². The van der Waals surface area contributed by atoms with Crippen LogP contribution in [-0.2, 0) is 6.54 Å². The molecule has 2 aromatic rings. The average Bonchev–Trinajstić information content (AvgIpc) is 2.61. The molecule has 1 aliphatic rings. The molecular formula is C18H25N5. The first-order valence-corrected chi connectivity index (χ1v) is 8.50. The second-order valence-corrected chi connectivity index (χ2v) is 6.28. The van der Waals surface area contributed by atoms with Gasteiger partial charge in [0.25, 0.3) is 0 Å². The Balaban J connectivity index is 1.74. The Hall–Kier alpha value is -2.17. The number of nitrogens with zero attached hydrogens (tertiary/aromatic N) is 5. The third-order valence-electron chi connectivity index (χ3n) is 4.52. The van der Waals surface area contributed by atoms with Crippen LogP contribution in [0.2, 0.25) is 0 Å². The van der Waals surface area contributed by atoms with E-state index in [2.05, 4.69) is 58.1 Å². The number of rotatable bonds is 5. The van der Waals surface area contributed by atoms with Crippen LogP contribution in [0, 0.1) is 5.92 Å². The summed E-state index contributed by atoms with van der Waals surface area (Å²) < 4.78 is 0. The Morgan fingerprint density at radius 2 is 1.91 bits per heavy atom. The Morgan fingerprint density at radius 3 is 2.61 bits per heavy atom. The lowest BCUT2D eigenvalue weighted by molar-refractivity contribution is 0.436. The fourth-order valence-corrected chi connectivity index (χ4v) is 2.94. The van der Waals surface area contributed by atoms with E-state index >= 15 is 0 Å². The first-order valence-electron chi connectivity index (χ1n) is 8.50. The molecule has 2 heterocycles. The number of hydrogen-bond acceptors (Lipinski definition) is 5. The summed E-state index contributed by atoms with van der Waals surface area (Å²) in [5, 5.41) is 8.45. The SMILES string of the molecule is CCN(Cc1ccccc1)c1nncc(N2CCC(C)CC2)n1. The van der Waals surface area contributed by atoms with Gasteiger partial charge in [0.2, 0.25) is 5.95 Å². The third kappa shape index (κ3) is 3.97. The minimum atomic E-state index is 0.715. The van der Waals surface area contributed by atoms with Crippen LogP contribution in [0.4, 0.5) is 11.8 Å². The van der Waals surface area contributed by atoms with Crippen molar-refractivity contribution in [2.24, 2.45) is 5.92 Å². The van der Waals surface area contributed by atoms with E-state index in [1.54, 1.807) is 6.20 Å². The lowest BCUT2D eigenvalue weighted by Crippen LogP contribution is -2.34. The maximum Gasteiger partial charge on any atom is 0.247 e. The van der Waals surface area contributed by atoms with Crippen molar-refractivity contribution in [2.75, 3.05) is 29.4 Å². The number of anilines is 2. The van der Waals surface area contributed by atoms with Gasteiger partial charge in [0.05, 0.1) is 6.20 Å². The van der Waals surface area contributed by atoms with E-state index in [0.717, 1.165) is 37.9 Å². The minimum Gasteiger partial charge on any atom is -0.355 e. The second kappa shape index (κ2) is 7.40. The highest BCUT2D eigenvalue weighted by Gasteiger charge is 2.19. The molecule has 5 heteroatoms. The summed E-state index contributed by atoms with van der Waals surface area (Å²) in [7, 11) is 0. The Bertz CT molecular complexity index is 608. The van der Waals surface area contributed by atoms with Gasteiger partial charge in [0.15, 0.2) is 5.82 Å². The highest BCUT2D eigenvalue weighted by molar-refractivity contribution is 5.42. The number of aromatic nitrogens is 3. The predicted octanol–water partition coefficient (Wildman–Crippen LogP) is 3.13. The molecule has 23 heavy (non-hydrogen) atoms. The molecule has 0 saturated carbocycles. The zero-order chi connectivity index (χ0) is 16.1. The van der Waals surface area contributed by atoms with E-state index < -0.39 is 0 Å². The molecule has 1 aliphatic heterocycles. The molecule has 0 atom stereocenters. The maximum absolute atomic E-state index is 4.77. The van der Waals surface area contributed by atoms with Crippen LogP contribution in [-0.4, -0.2) is 34.8 Å². The van der Waals surface area contributed by atoms with Crippen LogP contribution in [0.5, 0.6) is 0 Å². The molecular weight excluding hydrogens is 286 g/mol. The van der Waals surface area contributed by atoms with Crippen LogP contribution < -0.4 is 9.80 Å². The summed E-state index contributed by atoms with van der Waals surface area (Å²) >= 11 is 0. The first-order chi connectivity index (χ1) is 11.3. The van der Waals surface area contributed by atoms with Crippen molar-refractivity contribution in [1.29, 1.82) is 0 Å². The van der Waals surface area contributed by atoms with Gasteiger partial charge in [-0.1, -0.05) is 37.3 Å². The van der Waals surface area contributed by atoms with E-state index in [9.17, 15) is 0 Å². The van der Waals surface area contributed by atoms with E-state index in [1.807, 2.05) is 6.07 Å². The molecule has 1 fully saturated rings. The van der Waals surface area contributed by atoms with Crippen molar-refractivity contribution < 1.29 is 0 Å². The van der Waals surface area contributed by atoms with Crippen LogP contribution in [0.15, 0.2) is 36.5 Å². The van der Waals surface area contributed by atoms with Crippen LogP contribution in [0.25, 0.3) is 0 Å². The van der Waals surface area contributed by atoms with Gasteiger partial charge in [0.1, 0.15) is 0 Å². The topological polar surface area (TPSA) is 45.2 Å². The van der Waals surface area contributed by atoms with Crippen LogP contribution >= 0.6 is 0 Å². The standard InChI is InChI=1S/C18H25N5/c1-3-22(14-16-7-5-4-6-8-16)18-20-17(13-19-21-18)23-11-9-15(2)10-12-23/h4-8,13,15H,3,9-12,14H2,1-2H3. The summed E-state index contributed by atoms with van der Waals surface area (Å²) in [5.74, 6) is 2.48. The number of hydrogen-bond donors (Lipinski definition) is 0. The first kappa shape index (κ1) is 15.7. The largest absolute Gasteiger partial charge is 0.355 e.